The molecule has 7 heteroatoms. The van der Waals surface area contributed by atoms with Crippen LogP contribution in [0.5, 0.6) is 0 Å². The summed E-state index contributed by atoms with van der Waals surface area (Å²) in [6.07, 6.45) is -1.75. The fraction of sp³-hybridized carbons (Fsp3) is 0.529. The normalized spacial score (nSPS) is 18.2. The highest BCUT2D eigenvalue weighted by Gasteiger charge is 2.44. The van der Waals surface area contributed by atoms with Crippen LogP contribution >= 0.6 is 0 Å². The Hall–Kier alpha value is -2.07. The first-order chi connectivity index (χ1) is 11.3. The van der Waals surface area contributed by atoms with Crippen LogP contribution in [0, 0.1) is 11.3 Å². The van der Waals surface area contributed by atoms with Gasteiger partial charge in [0, 0.05) is 0 Å². The van der Waals surface area contributed by atoms with Crippen molar-refractivity contribution in [3.05, 3.63) is 35.9 Å². The molecule has 1 aliphatic carbocycles. The number of alkyl halides is 3. The molecular weight excluding hydrogens is 319 g/mol. The lowest BCUT2D eigenvalue weighted by molar-refractivity contribution is -0.183. The van der Waals surface area contributed by atoms with Gasteiger partial charge in [0.1, 0.15) is 11.6 Å². The Morgan fingerprint density at radius 3 is 2.42 bits per heavy atom. The van der Waals surface area contributed by atoms with Gasteiger partial charge in [0.05, 0.1) is 12.6 Å². The van der Waals surface area contributed by atoms with Gasteiger partial charge in [0.2, 0.25) is 5.91 Å². The molecule has 1 saturated carbocycles. The van der Waals surface area contributed by atoms with E-state index in [2.05, 4.69) is 11.4 Å². The van der Waals surface area contributed by atoms with E-state index in [4.69, 9.17) is 0 Å². The van der Waals surface area contributed by atoms with Crippen molar-refractivity contribution in [3.63, 3.8) is 0 Å². The molecule has 0 bridgehead atoms. The van der Waals surface area contributed by atoms with E-state index in [1.165, 1.54) is 31.3 Å². The molecule has 0 aromatic heterocycles. The topological polar surface area (TPSA) is 56.1 Å². The largest absolute Gasteiger partial charge is 0.408 e. The van der Waals surface area contributed by atoms with Crippen molar-refractivity contribution in [2.75, 3.05) is 13.6 Å². The lowest BCUT2D eigenvalue weighted by Crippen LogP contribution is -2.50. The fourth-order valence-corrected chi connectivity index (χ4v) is 3.20. The zero-order valence-electron chi connectivity index (χ0n) is 13.4. The highest BCUT2D eigenvalue weighted by Crippen LogP contribution is 2.36. The number of amides is 1. The molecule has 1 amide bonds. The average molecular weight is 339 g/mol. The molecule has 1 aromatic rings. The van der Waals surface area contributed by atoms with Gasteiger partial charge in [-0.05, 0) is 38.3 Å². The number of nitrogens with zero attached hydrogens (tertiary/aromatic N) is 2. The molecule has 1 atom stereocenters. The monoisotopic (exact) mass is 339 g/mol. The van der Waals surface area contributed by atoms with Gasteiger partial charge in [0.15, 0.2) is 0 Å². The average Bonchev–Trinajstić information content (AvgIpc) is 2.95. The van der Waals surface area contributed by atoms with Gasteiger partial charge in [-0.15, -0.1) is 0 Å². The van der Waals surface area contributed by atoms with Crippen LogP contribution in [0.25, 0.3) is 0 Å². The van der Waals surface area contributed by atoms with Crippen LogP contribution < -0.4 is 5.32 Å². The minimum atomic E-state index is -4.50. The number of likely N-dealkylation sites (N-methyl/N-ethyl adjacent to an activating group) is 1. The van der Waals surface area contributed by atoms with Crippen LogP contribution in [-0.2, 0) is 4.79 Å². The van der Waals surface area contributed by atoms with Crippen molar-refractivity contribution in [2.24, 2.45) is 0 Å². The Morgan fingerprint density at radius 1 is 1.33 bits per heavy atom. The second-order valence-electron chi connectivity index (χ2n) is 6.22. The van der Waals surface area contributed by atoms with Crippen LogP contribution in [0.3, 0.4) is 0 Å². The zero-order valence-corrected chi connectivity index (χ0v) is 13.4. The number of halogens is 3. The molecular formula is C17H20F3N3O. The van der Waals surface area contributed by atoms with Gasteiger partial charge in [-0.1, -0.05) is 30.3 Å². The molecule has 1 N–H and O–H groups in total. The number of hydrogen-bond donors (Lipinski definition) is 1. The number of carbonyl (C=O) groups excluding carboxylic acids is 1. The van der Waals surface area contributed by atoms with Crippen LogP contribution in [-0.4, -0.2) is 36.1 Å². The van der Waals surface area contributed by atoms with Crippen LogP contribution in [0.4, 0.5) is 13.2 Å². The second kappa shape index (κ2) is 7.22. The summed E-state index contributed by atoms with van der Waals surface area (Å²) >= 11 is 0. The lowest BCUT2D eigenvalue weighted by Gasteiger charge is -2.31. The minimum absolute atomic E-state index is 0.0798. The first kappa shape index (κ1) is 18.3. The number of carbonyl (C=O) groups is 1. The van der Waals surface area contributed by atoms with E-state index >= 15 is 0 Å². The summed E-state index contributed by atoms with van der Waals surface area (Å²) in [5.74, 6) is -0.564. The second-order valence-corrected chi connectivity index (χ2v) is 6.22. The Bertz CT molecular complexity index is 604. The molecule has 24 heavy (non-hydrogen) atoms. The SMILES string of the molecule is CN(CC(=O)NC1(C#N)CCCC1)C(c1ccccc1)C(F)(F)F. The van der Waals surface area contributed by atoms with E-state index in [9.17, 15) is 23.2 Å². The van der Waals surface area contributed by atoms with E-state index in [1.54, 1.807) is 6.07 Å². The third kappa shape index (κ3) is 4.26. The van der Waals surface area contributed by atoms with Gasteiger partial charge in [-0.3, -0.25) is 9.69 Å². The molecule has 0 spiro atoms. The summed E-state index contributed by atoms with van der Waals surface area (Å²) in [6, 6.07) is 7.71. The third-order valence-electron chi connectivity index (χ3n) is 4.31. The van der Waals surface area contributed by atoms with E-state index in [1.807, 2.05) is 0 Å². The van der Waals surface area contributed by atoms with Gasteiger partial charge in [0.25, 0.3) is 0 Å². The van der Waals surface area contributed by atoms with Crippen LogP contribution in [0.1, 0.15) is 37.3 Å². The molecule has 0 heterocycles. The van der Waals surface area contributed by atoms with E-state index in [0.29, 0.717) is 12.8 Å². The summed E-state index contributed by atoms with van der Waals surface area (Å²) in [5.41, 5.74) is -0.852. The van der Waals surface area contributed by atoms with E-state index < -0.39 is 30.2 Å². The molecule has 1 fully saturated rings. The first-order valence-electron chi connectivity index (χ1n) is 7.82. The molecule has 1 aliphatic rings. The number of benzene rings is 1. The molecule has 0 radical (unpaired) electrons. The molecule has 2 rings (SSSR count). The smallest absolute Gasteiger partial charge is 0.337 e. The summed E-state index contributed by atoms with van der Waals surface area (Å²) in [7, 11) is 1.26. The molecule has 4 nitrogen and oxygen atoms in total. The molecule has 0 aliphatic heterocycles. The zero-order chi connectivity index (χ0) is 17.8. The Labute approximate surface area is 139 Å². The van der Waals surface area contributed by atoms with Crippen molar-refractivity contribution in [3.8, 4) is 6.07 Å². The maximum atomic E-state index is 13.4. The van der Waals surface area contributed by atoms with Gasteiger partial charge >= 0.3 is 6.18 Å². The number of hydrogen-bond acceptors (Lipinski definition) is 3. The summed E-state index contributed by atoms with van der Waals surface area (Å²) in [4.78, 5) is 13.1. The summed E-state index contributed by atoms with van der Waals surface area (Å²) in [6.45, 7) is -0.428. The van der Waals surface area contributed by atoms with Gasteiger partial charge in [-0.25, -0.2) is 0 Å². The minimum Gasteiger partial charge on any atom is -0.337 e. The van der Waals surface area contributed by atoms with Crippen molar-refractivity contribution < 1.29 is 18.0 Å². The summed E-state index contributed by atoms with van der Waals surface area (Å²) < 4.78 is 40.3. The van der Waals surface area contributed by atoms with Crippen molar-refractivity contribution in [2.45, 2.75) is 43.4 Å². The maximum absolute atomic E-state index is 13.4. The van der Waals surface area contributed by atoms with Crippen LogP contribution in [0.2, 0.25) is 0 Å². The van der Waals surface area contributed by atoms with E-state index in [0.717, 1.165) is 17.7 Å². The Kier molecular flexibility index (Phi) is 5.50. The quantitative estimate of drug-likeness (QED) is 0.896. The number of rotatable bonds is 5. The van der Waals surface area contributed by atoms with Crippen LogP contribution in [0.15, 0.2) is 30.3 Å². The Balaban J connectivity index is 2.09. The molecule has 130 valence electrons. The maximum Gasteiger partial charge on any atom is 0.408 e. The number of nitrogens with one attached hydrogen (secondary N) is 1. The number of nitriles is 1. The van der Waals surface area contributed by atoms with Gasteiger partial charge < -0.3 is 5.32 Å². The van der Waals surface area contributed by atoms with Crippen molar-refractivity contribution >= 4 is 5.91 Å². The predicted molar refractivity (Wildman–Crippen MR) is 82.8 cm³/mol. The standard InChI is InChI=1S/C17H20F3N3O/c1-23(11-14(24)22-16(12-21)9-5-6-10-16)15(17(18,19)20)13-7-3-2-4-8-13/h2-4,7-8,15H,5-6,9-11H2,1H3,(H,22,24). The predicted octanol–water partition coefficient (Wildman–Crippen LogP) is 3.17. The highest BCUT2D eigenvalue weighted by molar-refractivity contribution is 5.79. The third-order valence-corrected chi connectivity index (χ3v) is 4.31. The van der Waals surface area contributed by atoms with Gasteiger partial charge in [-0.2, -0.15) is 18.4 Å². The Morgan fingerprint density at radius 2 is 1.92 bits per heavy atom. The molecule has 1 aromatic carbocycles. The van der Waals surface area contributed by atoms with Crippen molar-refractivity contribution in [1.82, 2.24) is 10.2 Å². The van der Waals surface area contributed by atoms with E-state index in [-0.39, 0.29) is 5.56 Å². The first-order valence-corrected chi connectivity index (χ1v) is 7.82. The summed E-state index contributed by atoms with van der Waals surface area (Å²) in [5, 5.41) is 11.9. The lowest BCUT2D eigenvalue weighted by atomic mass is 10.00. The fourth-order valence-electron chi connectivity index (χ4n) is 3.20. The highest BCUT2D eigenvalue weighted by atomic mass is 19.4. The molecule has 0 saturated heterocycles. The van der Waals surface area contributed by atoms with Crippen molar-refractivity contribution in [1.29, 1.82) is 5.26 Å². The molecule has 1 unspecified atom stereocenters.